The quantitative estimate of drug-likeness (QED) is 0.555. The maximum Gasteiger partial charge on any atom is 0.410 e. The van der Waals surface area contributed by atoms with E-state index in [1.807, 2.05) is 20.8 Å². The van der Waals surface area contributed by atoms with Gasteiger partial charge >= 0.3 is 6.09 Å². The van der Waals surface area contributed by atoms with E-state index in [0.29, 0.717) is 0 Å². The van der Waals surface area contributed by atoms with Crippen molar-refractivity contribution in [2.24, 2.45) is 0 Å². The molecule has 3 nitrogen and oxygen atoms in total. The van der Waals surface area contributed by atoms with Crippen molar-refractivity contribution in [1.29, 1.82) is 0 Å². The molecule has 0 radical (unpaired) electrons. The van der Waals surface area contributed by atoms with Gasteiger partial charge in [0.1, 0.15) is 5.60 Å². The number of hydrogen-bond donors (Lipinski definition) is 0. The predicted molar refractivity (Wildman–Crippen MR) is 54.1 cm³/mol. The van der Waals surface area contributed by atoms with Crippen molar-refractivity contribution in [3.63, 3.8) is 0 Å². The van der Waals surface area contributed by atoms with Gasteiger partial charge in [0.25, 0.3) is 0 Å². The Balaban J connectivity index is 1.82. The molecule has 0 bridgehead atoms. The van der Waals surface area contributed by atoms with Gasteiger partial charge in [-0.15, -0.1) is 0 Å². The van der Waals surface area contributed by atoms with Gasteiger partial charge in [0, 0.05) is 13.1 Å². The second-order valence-corrected chi connectivity index (χ2v) is 5.04. The Kier molecular flexibility index (Phi) is 2.05. The van der Waals surface area contributed by atoms with E-state index in [-0.39, 0.29) is 11.7 Å². The third-order valence-electron chi connectivity index (χ3n) is 2.42. The van der Waals surface area contributed by atoms with Crippen molar-refractivity contribution in [2.45, 2.75) is 39.2 Å². The number of ether oxygens (including phenoxy) is 1. The van der Waals surface area contributed by atoms with Crippen molar-refractivity contribution in [1.82, 2.24) is 4.90 Å². The summed E-state index contributed by atoms with van der Waals surface area (Å²) in [6.07, 6.45) is 2.32. The second-order valence-electron chi connectivity index (χ2n) is 5.04. The molecule has 1 amide bonds. The van der Waals surface area contributed by atoms with E-state index in [1.54, 1.807) is 10.5 Å². The molecule has 2 aliphatic rings. The maximum atomic E-state index is 11.5. The van der Waals surface area contributed by atoms with E-state index in [9.17, 15) is 4.79 Å². The lowest BCUT2D eigenvalue weighted by atomic mass is 10.1. The fraction of sp³-hybridized carbons (Fsp3) is 0.727. The highest BCUT2D eigenvalue weighted by Crippen LogP contribution is 2.35. The summed E-state index contributed by atoms with van der Waals surface area (Å²) in [4.78, 5) is 13.3. The molecule has 0 N–H and O–H groups in total. The Morgan fingerprint density at radius 3 is 2.21 bits per heavy atom. The molecule has 2 fully saturated rings. The number of nitrogens with zero attached hydrogens (tertiary/aromatic N) is 1. The molecule has 0 atom stereocenters. The van der Waals surface area contributed by atoms with Crippen LogP contribution in [0.4, 0.5) is 4.79 Å². The van der Waals surface area contributed by atoms with E-state index in [0.717, 1.165) is 13.1 Å². The van der Waals surface area contributed by atoms with Crippen molar-refractivity contribution in [3.8, 4) is 0 Å². The minimum absolute atomic E-state index is 0.178. The first-order valence-corrected chi connectivity index (χ1v) is 5.13. The minimum Gasteiger partial charge on any atom is -0.444 e. The van der Waals surface area contributed by atoms with E-state index >= 15 is 0 Å². The number of likely N-dealkylation sites (tertiary alicyclic amines) is 1. The number of allylic oxidation sites excluding steroid dienone is 1. The Morgan fingerprint density at radius 2 is 1.79 bits per heavy atom. The van der Waals surface area contributed by atoms with E-state index < -0.39 is 0 Å². The highest BCUT2D eigenvalue weighted by Gasteiger charge is 2.33. The van der Waals surface area contributed by atoms with Gasteiger partial charge in [0.05, 0.1) is 0 Å². The van der Waals surface area contributed by atoms with E-state index in [2.05, 4.69) is 0 Å². The SMILES string of the molecule is CC(C)(C)OC(=O)N1CC(=C2CC2)C1. The number of amides is 1. The van der Waals surface area contributed by atoms with Crippen LogP contribution in [0, 0.1) is 0 Å². The largest absolute Gasteiger partial charge is 0.444 e. The summed E-state index contributed by atoms with van der Waals surface area (Å²) in [5.74, 6) is 0. The molecule has 1 aliphatic carbocycles. The first-order valence-electron chi connectivity index (χ1n) is 5.13. The van der Waals surface area contributed by atoms with Gasteiger partial charge in [-0.2, -0.15) is 0 Å². The van der Waals surface area contributed by atoms with Crippen LogP contribution < -0.4 is 0 Å². The zero-order chi connectivity index (χ0) is 10.3. The predicted octanol–water partition coefficient (Wildman–Crippen LogP) is 2.33. The zero-order valence-corrected chi connectivity index (χ0v) is 9.09. The zero-order valence-electron chi connectivity index (χ0n) is 9.09. The smallest absolute Gasteiger partial charge is 0.410 e. The summed E-state index contributed by atoms with van der Waals surface area (Å²) < 4.78 is 5.25. The average Bonchev–Trinajstić information content (AvgIpc) is 2.61. The maximum absolute atomic E-state index is 11.5. The van der Waals surface area contributed by atoms with E-state index in [4.69, 9.17) is 4.74 Å². The highest BCUT2D eigenvalue weighted by molar-refractivity contribution is 5.71. The Hall–Kier alpha value is -0.990. The van der Waals surface area contributed by atoms with Crippen molar-refractivity contribution < 1.29 is 9.53 Å². The summed E-state index contributed by atoms with van der Waals surface area (Å²) in [6, 6.07) is 0. The second kappa shape index (κ2) is 3.01. The van der Waals surface area contributed by atoms with Gasteiger partial charge in [-0.25, -0.2) is 4.79 Å². The van der Waals surface area contributed by atoms with Gasteiger partial charge in [0.15, 0.2) is 0 Å². The fourth-order valence-corrected chi connectivity index (χ4v) is 1.51. The molecule has 0 aromatic rings. The molecule has 3 heteroatoms. The van der Waals surface area contributed by atoms with Crippen LogP contribution in [-0.2, 0) is 4.74 Å². The van der Waals surface area contributed by atoms with Crippen LogP contribution in [-0.4, -0.2) is 29.7 Å². The Labute approximate surface area is 84.7 Å². The van der Waals surface area contributed by atoms with Crippen molar-refractivity contribution in [3.05, 3.63) is 11.1 Å². The van der Waals surface area contributed by atoms with Gasteiger partial charge < -0.3 is 9.64 Å². The summed E-state index contributed by atoms with van der Waals surface area (Å²) in [7, 11) is 0. The normalized spacial score (nSPS) is 20.6. The Bertz CT molecular complexity index is 285. The highest BCUT2D eigenvalue weighted by atomic mass is 16.6. The molecule has 2 rings (SSSR count). The lowest BCUT2D eigenvalue weighted by molar-refractivity contribution is 0.0213. The molecule has 78 valence electrons. The number of hydrogen-bond acceptors (Lipinski definition) is 2. The first kappa shape index (κ1) is 9.56. The summed E-state index contributed by atoms with van der Waals surface area (Å²) in [5, 5.41) is 0. The van der Waals surface area contributed by atoms with Crippen LogP contribution >= 0.6 is 0 Å². The van der Waals surface area contributed by atoms with Crippen molar-refractivity contribution in [2.75, 3.05) is 13.1 Å². The molecule has 0 spiro atoms. The molecule has 0 unspecified atom stereocenters. The molecular formula is C11H17NO2. The number of carbonyl (C=O) groups is 1. The molecule has 1 saturated carbocycles. The van der Waals surface area contributed by atoms with Crippen LogP contribution in [0.5, 0.6) is 0 Å². The van der Waals surface area contributed by atoms with Gasteiger partial charge in [-0.3, -0.25) is 0 Å². The molecule has 14 heavy (non-hydrogen) atoms. The minimum atomic E-state index is -0.375. The third kappa shape index (κ3) is 2.08. The standard InChI is InChI=1S/C11H17NO2/c1-11(2,3)14-10(13)12-6-9(7-12)8-4-5-8/h4-7H2,1-3H3. The Morgan fingerprint density at radius 1 is 1.21 bits per heavy atom. The molecule has 0 aromatic carbocycles. The van der Waals surface area contributed by atoms with Crippen LogP contribution in [0.1, 0.15) is 33.6 Å². The lowest BCUT2D eigenvalue weighted by Gasteiger charge is -2.35. The molecule has 1 aliphatic heterocycles. The van der Waals surface area contributed by atoms with Gasteiger partial charge in [-0.1, -0.05) is 5.57 Å². The molecule has 1 heterocycles. The molecule has 0 aromatic heterocycles. The fourth-order valence-electron chi connectivity index (χ4n) is 1.51. The third-order valence-corrected chi connectivity index (χ3v) is 2.42. The summed E-state index contributed by atoms with van der Waals surface area (Å²) in [5.41, 5.74) is 2.64. The van der Waals surface area contributed by atoms with Crippen LogP contribution in [0.2, 0.25) is 0 Å². The van der Waals surface area contributed by atoms with Crippen LogP contribution in [0.25, 0.3) is 0 Å². The van der Waals surface area contributed by atoms with Gasteiger partial charge in [-0.05, 0) is 39.2 Å². The molecular weight excluding hydrogens is 178 g/mol. The van der Waals surface area contributed by atoms with Crippen molar-refractivity contribution >= 4 is 6.09 Å². The van der Waals surface area contributed by atoms with E-state index in [1.165, 1.54) is 18.4 Å². The summed E-state index contributed by atoms with van der Waals surface area (Å²) >= 11 is 0. The van der Waals surface area contributed by atoms with Crippen LogP contribution in [0.3, 0.4) is 0 Å². The average molecular weight is 195 g/mol. The lowest BCUT2D eigenvalue weighted by Crippen LogP contribution is -2.46. The number of carbonyl (C=O) groups excluding carboxylic acids is 1. The topological polar surface area (TPSA) is 29.5 Å². The summed E-state index contributed by atoms with van der Waals surface area (Å²) in [6.45, 7) is 7.27. The van der Waals surface area contributed by atoms with Crippen LogP contribution in [0.15, 0.2) is 11.1 Å². The molecule has 1 saturated heterocycles. The number of rotatable bonds is 0. The monoisotopic (exact) mass is 195 g/mol. The van der Waals surface area contributed by atoms with Gasteiger partial charge in [0.2, 0.25) is 0 Å². The first-order chi connectivity index (χ1) is 6.46.